The van der Waals surface area contributed by atoms with Crippen LogP contribution in [0.15, 0.2) is 4.99 Å². The van der Waals surface area contributed by atoms with E-state index in [4.69, 9.17) is 0 Å². The van der Waals surface area contributed by atoms with Crippen molar-refractivity contribution in [3.63, 3.8) is 0 Å². The van der Waals surface area contributed by atoms with Crippen molar-refractivity contribution in [2.45, 2.75) is 57.0 Å². The minimum absolute atomic E-state index is 0. The van der Waals surface area contributed by atoms with Gasteiger partial charge in [0.2, 0.25) is 5.91 Å². The molecule has 0 aromatic rings. The highest BCUT2D eigenvalue weighted by atomic mass is 127. The van der Waals surface area contributed by atoms with Crippen LogP contribution < -0.4 is 10.6 Å². The molecular formula is C19H36IN5O. The Morgan fingerprint density at radius 3 is 2.46 bits per heavy atom. The first kappa shape index (κ1) is 21.7. The number of amides is 1. The molecule has 150 valence electrons. The van der Waals surface area contributed by atoms with Crippen LogP contribution in [0, 0.1) is 11.8 Å². The lowest BCUT2D eigenvalue weighted by Gasteiger charge is -2.26. The number of hydrogen-bond donors (Lipinski definition) is 2. The van der Waals surface area contributed by atoms with E-state index < -0.39 is 0 Å². The molecule has 0 aromatic heterocycles. The minimum Gasteiger partial charge on any atom is -0.355 e. The van der Waals surface area contributed by atoms with Gasteiger partial charge < -0.3 is 20.4 Å². The molecule has 1 saturated heterocycles. The highest BCUT2D eigenvalue weighted by Gasteiger charge is 2.34. The number of nitrogens with one attached hydrogen (secondary N) is 2. The monoisotopic (exact) mass is 477 g/mol. The molecule has 2 aliphatic carbocycles. The molecule has 26 heavy (non-hydrogen) atoms. The third-order valence-electron chi connectivity index (χ3n) is 6.08. The lowest BCUT2D eigenvalue weighted by atomic mass is 10.1. The van der Waals surface area contributed by atoms with Crippen molar-refractivity contribution in [2.75, 3.05) is 40.8 Å². The van der Waals surface area contributed by atoms with Crippen LogP contribution in [0.5, 0.6) is 0 Å². The topological polar surface area (TPSA) is 60.0 Å². The molecule has 1 amide bonds. The van der Waals surface area contributed by atoms with Crippen molar-refractivity contribution >= 4 is 35.8 Å². The number of carbonyl (C=O) groups excluding carboxylic acids is 1. The summed E-state index contributed by atoms with van der Waals surface area (Å²) in [6.45, 7) is 2.62. The summed E-state index contributed by atoms with van der Waals surface area (Å²) in [7, 11) is 6.14. The van der Waals surface area contributed by atoms with Crippen LogP contribution in [-0.2, 0) is 4.79 Å². The van der Waals surface area contributed by atoms with Gasteiger partial charge in [-0.3, -0.25) is 9.79 Å². The van der Waals surface area contributed by atoms with Gasteiger partial charge in [0.1, 0.15) is 0 Å². The average molecular weight is 477 g/mol. The Labute approximate surface area is 175 Å². The molecule has 0 aromatic carbocycles. The van der Waals surface area contributed by atoms with Gasteiger partial charge in [-0.15, -0.1) is 24.0 Å². The van der Waals surface area contributed by atoms with E-state index in [0.717, 1.165) is 50.8 Å². The van der Waals surface area contributed by atoms with Crippen LogP contribution >= 0.6 is 24.0 Å². The number of carbonyl (C=O) groups is 1. The summed E-state index contributed by atoms with van der Waals surface area (Å²) in [6.07, 6.45) is 8.31. The summed E-state index contributed by atoms with van der Waals surface area (Å²) in [5.41, 5.74) is 0. The third kappa shape index (κ3) is 5.71. The summed E-state index contributed by atoms with van der Waals surface area (Å²) in [4.78, 5) is 21.3. The molecule has 3 fully saturated rings. The largest absolute Gasteiger partial charge is 0.355 e. The minimum atomic E-state index is 0. The van der Waals surface area contributed by atoms with Crippen molar-refractivity contribution < 1.29 is 4.79 Å². The Kier molecular flexibility index (Phi) is 8.44. The normalized spacial score (nSPS) is 25.3. The molecule has 2 saturated carbocycles. The molecule has 2 atom stereocenters. The number of nitrogens with zero attached hydrogens (tertiary/aromatic N) is 3. The van der Waals surface area contributed by atoms with E-state index in [1.165, 1.54) is 25.7 Å². The van der Waals surface area contributed by atoms with E-state index in [0.29, 0.717) is 18.0 Å². The van der Waals surface area contributed by atoms with E-state index in [1.807, 2.05) is 7.05 Å². The third-order valence-corrected chi connectivity index (χ3v) is 6.08. The second-order valence-electron chi connectivity index (χ2n) is 8.22. The molecule has 1 aliphatic heterocycles. The van der Waals surface area contributed by atoms with Crippen LogP contribution in [-0.4, -0.2) is 74.5 Å². The molecule has 7 heteroatoms. The number of guanidine groups is 1. The molecule has 2 N–H and O–H groups in total. The van der Waals surface area contributed by atoms with Gasteiger partial charge in [0.15, 0.2) is 5.96 Å². The molecular weight excluding hydrogens is 441 g/mol. The fourth-order valence-electron chi connectivity index (χ4n) is 4.35. The molecule has 6 nitrogen and oxygen atoms in total. The summed E-state index contributed by atoms with van der Waals surface area (Å²) >= 11 is 0. The first-order valence-electron chi connectivity index (χ1n) is 10.0. The van der Waals surface area contributed by atoms with Crippen LogP contribution in [0.3, 0.4) is 0 Å². The number of halogens is 1. The zero-order chi connectivity index (χ0) is 17.8. The van der Waals surface area contributed by atoms with Crippen LogP contribution in [0.2, 0.25) is 0 Å². The molecule has 0 spiro atoms. The number of likely N-dealkylation sites (tertiary alicyclic amines) is 1. The summed E-state index contributed by atoms with van der Waals surface area (Å²) in [6, 6.07) is 0.887. The quantitative estimate of drug-likeness (QED) is 0.349. The van der Waals surface area contributed by atoms with Gasteiger partial charge in [-0.05, 0) is 52.1 Å². The zero-order valence-electron chi connectivity index (χ0n) is 16.5. The van der Waals surface area contributed by atoms with Gasteiger partial charge in [-0.2, -0.15) is 0 Å². The Balaban J connectivity index is 0.00000243. The van der Waals surface area contributed by atoms with Crippen molar-refractivity contribution in [1.29, 1.82) is 0 Å². The second kappa shape index (κ2) is 10.1. The van der Waals surface area contributed by atoms with Gasteiger partial charge in [0, 0.05) is 44.7 Å². The van der Waals surface area contributed by atoms with E-state index in [9.17, 15) is 4.79 Å². The van der Waals surface area contributed by atoms with E-state index >= 15 is 0 Å². The van der Waals surface area contributed by atoms with E-state index in [1.54, 1.807) is 0 Å². The number of rotatable bonds is 6. The fourth-order valence-corrected chi connectivity index (χ4v) is 4.35. The van der Waals surface area contributed by atoms with Gasteiger partial charge in [-0.1, -0.05) is 12.8 Å². The maximum atomic E-state index is 12.6. The van der Waals surface area contributed by atoms with Crippen LogP contribution in [0.1, 0.15) is 44.9 Å². The Morgan fingerprint density at radius 2 is 1.88 bits per heavy atom. The van der Waals surface area contributed by atoms with E-state index in [2.05, 4.69) is 39.5 Å². The lowest BCUT2D eigenvalue weighted by Crippen LogP contribution is -2.49. The maximum Gasteiger partial charge on any atom is 0.225 e. The maximum absolute atomic E-state index is 12.6. The Morgan fingerprint density at radius 1 is 1.19 bits per heavy atom. The lowest BCUT2D eigenvalue weighted by molar-refractivity contribution is -0.134. The van der Waals surface area contributed by atoms with Gasteiger partial charge in [0.05, 0.1) is 0 Å². The molecule has 0 bridgehead atoms. The second-order valence-corrected chi connectivity index (χ2v) is 8.22. The molecule has 2 unspecified atom stereocenters. The first-order valence-corrected chi connectivity index (χ1v) is 10.0. The highest BCUT2D eigenvalue weighted by Crippen LogP contribution is 2.34. The zero-order valence-corrected chi connectivity index (χ0v) is 18.9. The average Bonchev–Trinajstić information content (AvgIpc) is 3.11. The van der Waals surface area contributed by atoms with Crippen LogP contribution in [0.25, 0.3) is 0 Å². The highest BCUT2D eigenvalue weighted by molar-refractivity contribution is 14.0. The van der Waals surface area contributed by atoms with Gasteiger partial charge in [0.25, 0.3) is 0 Å². The van der Waals surface area contributed by atoms with Crippen molar-refractivity contribution in [3.8, 4) is 0 Å². The predicted octanol–water partition coefficient (Wildman–Crippen LogP) is 1.90. The number of hydrogen-bond acceptors (Lipinski definition) is 3. The van der Waals surface area contributed by atoms with Gasteiger partial charge >= 0.3 is 0 Å². The van der Waals surface area contributed by atoms with Gasteiger partial charge in [-0.25, -0.2) is 0 Å². The Bertz CT molecular complexity index is 486. The molecule has 1 heterocycles. The summed E-state index contributed by atoms with van der Waals surface area (Å²) in [5, 5.41) is 7.01. The van der Waals surface area contributed by atoms with Crippen molar-refractivity contribution in [3.05, 3.63) is 0 Å². The number of aliphatic imine (C=N–C) groups is 1. The smallest absolute Gasteiger partial charge is 0.225 e. The molecule has 3 rings (SSSR count). The summed E-state index contributed by atoms with van der Waals surface area (Å²) < 4.78 is 0. The number of likely N-dealkylation sites (N-methyl/N-ethyl adjacent to an activating group) is 1. The predicted molar refractivity (Wildman–Crippen MR) is 117 cm³/mol. The SMILES string of the molecule is CN=C(NCC(C1CC1)N(C)C)NC1CCN(C(=O)C2CCCC2)C1.I. The van der Waals surface area contributed by atoms with Crippen molar-refractivity contribution in [2.24, 2.45) is 16.8 Å². The van der Waals surface area contributed by atoms with E-state index in [-0.39, 0.29) is 29.9 Å². The van der Waals surface area contributed by atoms with Crippen molar-refractivity contribution in [1.82, 2.24) is 20.4 Å². The molecule has 3 aliphatic rings. The first-order chi connectivity index (χ1) is 12.1. The summed E-state index contributed by atoms with van der Waals surface area (Å²) in [5.74, 6) is 2.36. The Hall–Kier alpha value is -0.570. The standard InChI is InChI=1S/C19H35N5O.HI/c1-20-19(21-12-17(23(2)3)14-8-9-14)22-16-10-11-24(13-16)18(25)15-6-4-5-7-15;/h14-17H,4-13H2,1-3H3,(H2,20,21,22);1H. The fraction of sp³-hybridized carbons (Fsp3) is 0.895. The molecule has 0 radical (unpaired) electrons. The van der Waals surface area contributed by atoms with Crippen LogP contribution in [0.4, 0.5) is 0 Å².